The van der Waals surface area contributed by atoms with E-state index in [4.69, 9.17) is 0 Å². The molecule has 0 N–H and O–H groups in total. The first-order chi connectivity index (χ1) is 10.9. The fourth-order valence-electron chi connectivity index (χ4n) is 2.97. The number of para-hydroxylation sites is 1. The van der Waals surface area contributed by atoms with Crippen molar-refractivity contribution in [2.75, 3.05) is 10.8 Å². The molecule has 0 saturated heterocycles. The Morgan fingerprint density at radius 1 is 0.957 bits per heavy atom. The highest BCUT2D eigenvalue weighted by Gasteiger charge is 2.27. The molecule has 0 aliphatic carbocycles. The first-order valence-corrected chi connectivity index (χ1v) is 9.47. The minimum absolute atomic E-state index is 0.433. The van der Waals surface area contributed by atoms with Gasteiger partial charge in [0.25, 0.3) is 10.0 Å². The van der Waals surface area contributed by atoms with Crippen LogP contribution in [0.5, 0.6) is 0 Å². The van der Waals surface area contributed by atoms with Crippen LogP contribution < -0.4 is 4.31 Å². The van der Waals surface area contributed by atoms with E-state index in [0.29, 0.717) is 11.4 Å². The Kier molecular flexibility index (Phi) is 5.47. The summed E-state index contributed by atoms with van der Waals surface area (Å²) in [6.07, 6.45) is 1.78. The standard InChI is InChI=1S/C19H25NO2S/c1-5-6-12-20(18-10-8-7-9-11-18)23(21,22)19-16(3)13-15(2)14-17(19)4/h7-11,13-14H,5-6,12H2,1-4H3. The molecular formula is C19H25NO2S. The fraction of sp³-hybridized carbons (Fsp3) is 0.368. The zero-order chi connectivity index (χ0) is 17.0. The predicted octanol–water partition coefficient (Wildman–Crippen LogP) is 4.61. The van der Waals surface area contributed by atoms with Gasteiger partial charge in [0.2, 0.25) is 0 Å². The first-order valence-electron chi connectivity index (χ1n) is 8.03. The molecule has 4 heteroatoms. The zero-order valence-electron chi connectivity index (χ0n) is 14.3. The van der Waals surface area contributed by atoms with Gasteiger partial charge >= 0.3 is 0 Å². The summed E-state index contributed by atoms with van der Waals surface area (Å²) >= 11 is 0. The van der Waals surface area contributed by atoms with Gasteiger partial charge < -0.3 is 0 Å². The van der Waals surface area contributed by atoms with Gasteiger partial charge in [-0.2, -0.15) is 0 Å². The number of sulfonamides is 1. The Balaban J connectivity index is 2.57. The summed E-state index contributed by atoms with van der Waals surface area (Å²) in [5.74, 6) is 0. The van der Waals surface area contributed by atoms with Crippen LogP contribution in [0.1, 0.15) is 36.5 Å². The maximum atomic E-state index is 13.3. The summed E-state index contributed by atoms with van der Waals surface area (Å²) < 4.78 is 28.2. The van der Waals surface area contributed by atoms with Crippen molar-refractivity contribution in [2.45, 2.75) is 45.4 Å². The topological polar surface area (TPSA) is 37.4 Å². The van der Waals surface area contributed by atoms with Crippen molar-refractivity contribution in [3.05, 3.63) is 59.2 Å². The first kappa shape index (κ1) is 17.5. The lowest BCUT2D eigenvalue weighted by atomic mass is 10.1. The van der Waals surface area contributed by atoms with Gasteiger partial charge in [-0.1, -0.05) is 49.2 Å². The van der Waals surface area contributed by atoms with E-state index in [1.807, 2.05) is 63.2 Å². The summed E-state index contributed by atoms with van der Waals surface area (Å²) in [4.78, 5) is 0.433. The van der Waals surface area contributed by atoms with E-state index in [2.05, 4.69) is 6.92 Å². The second-order valence-electron chi connectivity index (χ2n) is 5.99. The van der Waals surface area contributed by atoms with Crippen LogP contribution in [0.3, 0.4) is 0 Å². The maximum Gasteiger partial charge on any atom is 0.264 e. The highest BCUT2D eigenvalue weighted by molar-refractivity contribution is 7.93. The Hall–Kier alpha value is -1.81. The molecule has 0 aliphatic rings. The van der Waals surface area contributed by atoms with Crippen molar-refractivity contribution in [3.63, 3.8) is 0 Å². The Labute approximate surface area is 140 Å². The SMILES string of the molecule is CCCCN(c1ccccc1)S(=O)(=O)c1c(C)cc(C)cc1C. The van der Waals surface area contributed by atoms with Crippen molar-refractivity contribution in [2.24, 2.45) is 0 Å². The predicted molar refractivity (Wildman–Crippen MR) is 96.5 cm³/mol. The Bertz CT molecular complexity index is 744. The fourth-order valence-corrected chi connectivity index (χ4v) is 4.89. The third-order valence-corrected chi connectivity index (χ3v) is 6.05. The molecule has 0 amide bonds. The van der Waals surface area contributed by atoms with Crippen LogP contribution in [-0.4, -0.2) is 15.0 Å². The average molecular weight is 331 g/mol. The Morgan fingerprint density at radius 2 is 1.52 bits per heavy atom. The molecule has 0 aromatic heterocycles. The molecule has 2 aromatic rings. The number of hydrogen-bond acceptors (Lipinski definition) is 2. The minimum Gasteiger partial charge on any atom is -0.266 e. The summed E-state index contributed by atoms with van der Waals surface area (Å²) in [5, 5.41) is 0. The van der Waals surface area contributed by atoms with Gasteiger partial charge in [0, 0.05) is 6.54 Å². The molecular weight excluding hydrogens is 306 g/mol. The normalized spacial score (nSPS) is 11.5. The highest BCUT2D eigenvalue weighted by atomic mass is 32.2. The third-order valence-electron chi connectivity index (χ3n) is 3.91. The Morgan fingerprint density at radius 3 is 2.04 bits per heavy atom. The lowest BCUT2D eigenvalue weighted by Crippen LogP contribution is -2.33. The van der Waals surface area contributed by atoms with Crippen LogP contribution in [0, 0.1) is 20.8 Å². The van der Waals surface area contributed by atoms with Gasteiger partial charge in [-0.3, -0.25) is 4.31 Å². The van der Waals surface area contributed by atoms with Gasteiger partial charge in [-0.15, -0.1) is 0 Å². The molecule has 2 rings (SSSR count). The van der Waals surface area contributed by atoms with Crippen LogP contribution in [0.2, 0.25) is 0 Å². The number of hydrogen-bond donors (Lipinski definition) is 0. The van der Waals surface area contributed by atoms with Crippen molar-refractivity contribution in [1.29, 1.82) is 0 Å². The van der Waals surface area contributed by atoms with Gasteiger partial charge in [-0.05, 0) is 50.5 Å². The molecule has 0 atom stereocenters. The molecule has 23 heavy (non-hydrogen) atoms. The van der Waals surface area contributed by atoms with Crippen molar-refractivity contribution in [3.8, 4) is 0 Å². The molecule has 0 unspecified atom stereocenters. The quantitative estimate of drug-likeness (QED) is 0.775. The molecule has 124 valence electrons. The van der Waals surface area contributed by atoms with E-state index in [-0.39, 0.29) is 0 Å². The lowest BCUT2D eigenvalue weighted by molar-refractivity contribution is 0.587. The number of nitrogens with zero attached hydrogens (tertiary/aromatic N) is 1. The average Bonchev–Trinajstić information content (AvgIpc) is 2.47. The van der Waals surface area contributed by atoms with Crippen molar-refractivity contribution in [1.82, 2.24) is 0 Å². The van der Waals surface area contributed by atoms with E-state index in [1.165, 1.54) is 0 Å². The van der Waals surface area contributed by atoms with Crippen LogP contribution in [0.15, 0.2) is 47.4 Å². The third kappa shape index (κ3) is 3.75. The molecule has 0 fully saturated rings. The van der Waals surface area contributed by atoms with Crippen molar-refractivity contribution < 1.29 is 8.42 Å². The number of aryl methyl sites for hydroxylation is 3. The van der Waals surface area contributed by atoms with Crippen LogP contribution in [0.25, 0.3) is 0 Å². The summed E-state index contributed by atoms with van der Waals surface area (Å²) in [6, 6.07) is 13.2. The van der Waals surface area contributed by atoms with Crippen LogP contribution in [-0.2, 0) is 10.0 Å². The molecule has 0 aliphatic heterocycles. The molecule has 0 saturated carbocycles. The van der Waals surface area contributed by atoms with E-state index in [0.717, 1.165) is 35.2 Å². The number of benzene rings is 2. The van der Waals surface area contributed by atoms with Gasteiger partial charge in [0.1, 0.15) is 0 Å². The highest BCUT2D eigenvalue weighted by Crippen LogP contribution is 2.29. The second-order valence-corrected chi connectivity index (χ2v) is 7.79. The molecule has 0 bridgehead atoms. The molecule has 0 radical (unpaired) electrons. The molecule has 2 aromatic carbocycles. The lowest BCUT2D eigenvalue weighted by Gasteiger charge is -2.26. The monoisotopic (exact) mass is 331 g/mol. The smallest absolute Gasteiger partial charge is 0.264 e. The van der Waals surface area contributed by atoms with E-state index in [1.54, 1.807) is 4.31 Å². The molecule has 0 spiro atoms. The van der Waals surface area contributed by atoms with E-state index >= 15 is 0 Å². The van der Waals surface area contributed by atoms with Gasteiger partial charge in [0.15, 0.2) is 0 Å². The summed E-state index contributed by atoms with van der Waals surface area (Å²) in [6.45, 7) is 8.29. The van der Waals surface area contributed by atoms with Crippen LogP contribution in [0.4, 0.5) is 5.69 Å². The number of rotatable bonds is 6. The summed E-state index contributed by atoms with van der Waals surface area (Å²) in [7, 11) is -3.57. The van der Waals surface area contributed by atoms with E-state index in [9.17, 15) is 8.42 Å². The zero-order valence-corrected chi connectivity index (χ0v) is 15.2. The molecule has 3 nitrogen and oxygen atoms in total. The molecule has 0 heterocycles. The summed E-state index contributed by atoms with van der Waals surface area (Å²) in [5.41, 5.74) is 3.42. The number of anilines is 1. The van der Waals surface area contributed by atoms with Gasteiger partial charge in [0.05, 0.1) is 10.6 Å². The van der Waals surface area contributed by atoms with Crippen LogP contribution >= 0.6 is 0 Å². The number of unbranched alkanes of at least 4 members (excludes halogenated alkanes) is 1. The largest absolute Gasteiger partial charge is 0.266 e. The van der Waals surface area contributed by atoms with Gasteiger partial charge in [-0.25, -0.2) is 8.42 Å². The maximum absolute atomic E-state index is 13.3. The minimum atomic E-state index is -3.57. The van der Waals surface area contributed by atoms with Crippen molar-refractivity contribution >= 4 is 15.7 Å². The second kappa shape index (κ2) is 7.18. The van der Waals surface area contributed by atoms with E-state index < -0.39 is 10.0 Å².